The number of hydrogen-bond donors (Lipinski definition) is 0. The molecule has 0 aliphatic carbocycles. The molecule has 172 valence electrons. The van der Waals surface area contributed by atoms with Crippen LogP contribution >= 0.6 is 0 Å². The minimum absolute atomic E-state index is 0.00317. The Balaban J connectivity index is 1.11. The van der Waals surface area contributed by atoms with Crippen LogP contribution < -0.4 is 9.80 Å². The Morgan fingerprint density at radius 2 is 1.88 bits per heavy atom. The molecule has 5 rings (SSSR count). The zero-order valence-electron chi connectivity index (χ0n) is 18.6. The van der Waals surface area contributed by atoms with Gasteiger partial charge in [-0.05, 0) is 50.5 Å². The number of halogens is 1. The molecule has 0 saturated carbocycles. The fourth-order valence-electron chi connectivity index (χ4n) is 5.46. The van der Waals surface area contributed by atoms with Gasteiger partial charge in [0.15, 0.2) is 5.82 Å². The average Bonchev–Trinajstić information content (AvgIpc) is 3.43. The predicted molar refractivity (Wildman–Crippen MR) is 119 cm³/mol. The number of ether oxygens (including phenoxy) is 1. The molecular formula is C24H31FN4O3. The van der Waals surface area contributed by atoms with Gasteiger partial charge in [-0.15, -0.1) is 0 Å². The standard InChI is InChI=1S/C24H31FN4O3/c1-18-17-29(20-4-2-19(25)3-5-20)14-13-27(18)10-6-21-16-24(23(30)32-21)8-11-28(12-9-24)22-7-15-31-26-22/h2-5,7,15,18,21H,6,8-14,16-17H2,1H3/t18-,21+/m1/s1. The maximum atomic E-state index is 13.2. The Labute approximate surface area is 188 Å². The first-order chi connectivity index (χ1) is 15.5. The molecule has 8 heteroatoms. The number of hydrogen-bond acceptors (Lipinski definition) is 7. The van der Waals surface area contributed by atoms with E-state index < -0.39 is 0 Å². The summed E-state index contributed by atoms with van der Waals surface area (Å²) < 4.78 is 24.0. The molecule has 3 aliphatic rings. The van der Waals surface area contributed by atoms with E-state index in [0.29, 0.717) is 6.04 Å². The van der Waals surface area contributed by atoms with Gasteiger partial charge in [0.05, 0.1) is 5.41 Å². The number of esters is 1. The van der Waals surface area contributed by atoms with Crippen molar-refractivity contribution in [1.29, 1.82) is 0 Å². The van der Waals surface area contributed by atoms with Crippen molar-refractivity contribution in [2.24, 2.45) is 5.41 Å². The number of nitrogens with zero attached hydrogens (tertiary/aromatic N) is 4. The molecule has 3 aliphatic heterocycles. The highest BCUT2D eigenvalue weighted by molar-refractivity contribution is 5.79. The fraction of sp³-hybridized carbons (Fsp3) is 0.583. The van der Waals surface area contributed by atoms with Crippen molar-refractivity contribution in [1.82, 2.24) is 10.1 Å². The number of anilines is 2. The number of carbonyl (C=O) groups is 1. The van der Waals surface area contributed by atoms with E-state index in [0.717, 1.165) is 76.5 Å². The summed E-state index contributed by atoms with van der Waals surface area (Å²) in [6, 6.07) is 9.00. The molecule has 1 aromatic heterocycles. The van der Waals surface area contributed by atoms with Crippen LogP contribution in [0.25, 0.3) is 0 Å². The molecule has 0 N–H and O–H groups in total. The Kier molecular flexibility index (Phi) is 5.80. The molecule has 4 heterocycles. The first-order valence-corrected chi connectivity index (χ1v) is 11.6. The van der Waals surface area contributed by atoms with Crippen LogP contribution in [0.1, 0.15) is 32.6 Å². The quantitative estimate of drug-likeness (QED) is 0.659. The number of benzene rings is 1. The van der Waals surface area contributed by atoms with Crippen LogP contribution in [-0.4, -0.2) is 67.4 Å². The van der Waals surface area contributed by atoms with Gasteiger partial charge in [0.25, 0.3) is 0 Å². The van der Waals surface area contributed by atoms with E-state index >= 15 is 0 Å². The molecule has 0 radical (unpaired) electrons. The molecule has 3 fully saturated rings. The first kappa shape index (κ1) is 21.2. The van der Waals surface area contributed by atoms with Gasteiger partial charge in [-0.2, -0.15) is 0 Å². The van der Waals surface area contributed by atoms with Gasteiger partial charge >= 0.3 is 5.97 Å². The summed E-state index contributed by atoms with van der Waals surface area (Å²) in [5, 5.41) is 4.01. The lowest BCUT2D eigenvalue weighted by molar-refractivity contribution is -0.149. The number of piperidine rings is 1. The zero-order valence-corrected chi connectivity index (χ0v) is 18.6. The van der Waals surface area contributed by atoms with E-state index in [4.69, 9.17) is 9.26 Å². The largest absolute Gasteiger partial charge is 0.462 e. The molecule has 7 nitrogen and oxygen atoms in total. The fourth-order valence-corrected chi connectivity index (χ4v) is 5.46. The van der Waals surface area contributed by atoms with E-state index in [2.05, 4.69) is 26.8 Å². The molecule has 2 aromatic rings. The minimum atomic E-state index is -0.336. The maximum absolute atomic E-state index is 13.2. The number of aromatic nitrogens is 1. The lowest BCUT2D eigenvalue weighted by Gasteiger charge is -2.41. The van der Waals surface area contributed by atoms with E-state index in [1.165, 1.54) is 12.1 Å². The number of cyclic esters (lactones) is 1. The summed E-state index contributed by atoms with van der Waals surface area (Å²) in [5.74, 6) is 0.626. The minimum Gasteiger partial charge on any atom is -0.462 e. The second kappa shape index (κ2) is 8.73. The van der Waals surface area contributed by atoms with Gasteiger partial charge in [-0.3, -0.25) is 9.69 Å². The van der Waals surface area contributed by atoms with Crippen molar-refractivity contribution in [3.8, 4) is 0 Å². The van der Waals surface area contributed by atoms with Crippen LogP contribution in [0.5, 0.6) is 0 Å². The summed E-state index contributed by atoms with van der Waals surface area (Å²) in [5.41, 5.74) is 0.735. The monoisotopic (exact) mass is 442 g/mol. The van der Waals surface area contributed by atoms with Crippen LogP contribution in [-0.2, 0) is 9.53 Å². The number of carbonyl (C=O) groups excluding carboxylic acids is 1. The average molecular weight is 443 g/mol. The predicted octanol–water partition coefficient (Wildman–Crippen LogP) is 3.32. The highest BCUT2D eigenvalue weighted by Crippen LogP contribution is 2.44. The van der Waals surface area contributed by atoms with Gasteiger partial charge in [-0.1, -0.05) is 5.16 Å². The van der Waals surface area contributed by atoms with Crippen molar-refractivity contribution >= 4 is 17.5 Å². The lowest BCUT2D eigenvalue weighted by atomic mass is 9.75. The molecule has 32 heavy (non-hydrogen) atoms. The van der Waals surface area contributed by atoms with Crippen molar-refractivity contribution < 1.29 is 18.4 Å². The van der Waals surface area contributed by atoms with Crippen LogP contribution in [0.2, 0.25) is 0 Å². The lowest BCUT2D eigenvalue weighted by Crippen LogP contribution is -2.52. The van der Waals surface area contributed by atoms with Crippen LogP contribution in [0.4, 0.5) is 15.9 Å². The summed E-state index contributed by atoms with van der Waals surface area (Å²) in [6.45, 7) is 7.56. The summed E-state index contributed by atoms with van der Waals surface area (Å²) in [6.07, 6.45) is 4.90. The maximum Gasteiger partial charge on any atom is 0.312 e. The summed E-state index contributed by atoms with van der Waals surface area (Å²) >= 11 is 0. The zero-order chi connectivity index (χ0) is 22.1. The molecular weight excluding hydrogens is 411 g/mol. The highest BCUT2D eigenvalue weighted by Gasteiger charge is 2.50. The van der Waals surface area contributed by atoms with Crippen LogP contribution in [0.3, 0.4) is 0 Å². The Hall–Kier alpha value is -2.61. The normalized spacial score (nSPS) is 26.0. The molecule has 3 saturated heterocycles. The van der Waals surface area contributed by atoms with Crippen molar-refractivity contribution in [3.63, 3.8) is 0 Å². The molecule has 1 spiro atoms. The Bertz CT molecular complexity index is 912. The highest BCUT2D eigenvalue weighted by atomic mass is 19.1. The Morgan fingerprint density at radius 1 is 1.09 bits per heavy atom. The van der Waals surface area contributed by atoms with E-state index in [-0.39, 0.29) is 23.3 Å². The van der Waals surface area contributed by atoms with Crippen LogP contribution in [0, 0.1) is 11.2 Å². The van der Waals surface area contributed by atoms with Gasteiger partial charge < -0.3 is 19.1 Å². The third-order valence-electron chi connectivity index (χ3n) is 7.49. The molecule has 0 amide bonds. The second-order valence-electron chi connectivity index (χ2n) is 9.45. The first-order valence-electron chi connectivity index (χ1n) is 11.6. The van der Waals surface area contributed by atoms with Crippen LogP contribution in [0.15, 0.2) is 41.1 Å². The molecule has 0 unspecified atom stereocenters. The molecule has 1 aromatic carbocycles. The van der Waals surface area contributed by atoms with Crippen molar-refractivity contribution in [3.05, 3.63) is 42.4 Å². The topological polar surface area (TPSA) is 62.0 Å². The van der Waals surface area contributed by atoms with Gasteiger partial charge in [0, 0.05) is 63.5 Å². The third-order valence-corrected chi connectivity index (χ3v) is 7.49. The Morgan fingerprint density at radius 3 is 2.56 bits per heavy atom. The SMILES string of the molecule is C[C@@H]1CN(c2ccc(F)cc2)CCN1CC[C@H]1CC2(CCN(c3ccon3)CC2)C(=O)O1. The van der Waals surface area contributed by atoms with E-state index in [1.807, 2.05) is 18.2 Å². The van der Waals surface area contributed by atoms with Gasteiger partial charge in [0.1, 0.15) is 18.2 Å². The summed E-state index contributed by atoms with van der Waals surface area (Å²) in [4.78, 5) is 19.7. The van der Waals surface area contributed by atoms with Gasteiger partial charge in [-0.25, -0.2) is 4.39 Å². The third kappa shape index (κ3) is 4.20. The van der Waals surface area contributed by atoms with E-state index in [9.17, 15) is 9.18 Å². The second-order valence-corrected chi connectivity index (χ2v) is 9.45. The molecule has 0 bridgehead atoms. The number of rotatable bonds is 5. The van der Waals surface area contributed by atoms with Crippen molar-refractivity contribution in [2.75, 3.05) is 49.1 Å². The van der Waals surface area contributed by atoms with Gasteiger partial charge in [0.2, 0.25) is 0 Å². The molecule has 2 atom stereocenters. The number of piperazine rings is 1. The van der Waals surface area contributed by atoms with Crippen molar-refractivity contribution in [2.45, 2.75) is 44.8 Å². The summed E-state index contributed by atoms with van der Waals surface area (Å²) in [7, 11) is 0. The van der Waals surface area contributed by atoms with E-state index in [1.54, 1.807) is 6.26 Å². The smallest absolute Gasteiger partial charge is 0.312 e.